The third-order valence-corrected chi connectivity index (χ3v) is 5.08. The quantitative estimate of drug-likeness (QED) is 0.777. The molecule has 1 atom stereocenters. The van der Waals surface area contributed by atoms with Gasteiger partial charge in [0.15, 0.2) is 5.78 Å². The van der Waals surface area contributed by atoms with Crippen molar-refractivity contribution in [3.05, 3.63) is 20.8 Å². The highest BCUT2D eigenvalue weighted by Gasteiger charge is 2.30. The zero-order chi connectivity index (χ0) is 13.1. The smallest absolute Gasteiger partial charge is 0.223 e. The van der Waals surface area contributed by atoms with Gasteiger partial charge in [0.1, 0.15) is 0 Å². The minimum Gasteiger partial charge on any atom is -0.335 e. The van der Waals surface area contributed by atoms with Crippen molar-refractivity contribution in [3.8, 4) is 0 Å². The van der Waals surface area contributed by atoms with Crippen molar-refractivity contribution in [2.45, 2.75) is 26.2 Å². The lowest BCUT2D eigenvalue weighted by Crippen LogP contribution is -2.31. The fourth-order valence-electron chi connectivity index (χ4n) is 2.35. The molecule has 0 radical (unpaired) electrons. The molecule has 98 valence electrons. The van der Waals surface area contributed by atoms with Crippen LogP contribution in [0.5, 0.6) is 0 Å². The number of nitrogens with zero attached hydrogens (tertiary/aromatic N) is 1. The molecule has 2 rings (SSSR count). The molecular formula is C13H16BrNO2S. The Bertz CT molecular complexity index is 458. The number of amides is 1. The molecule has 1 aliphatic rings. The molecular weight excluding hydrogens is 314 g/mol. The number of carbonyl (C=O) groups excluding carboxylic acids is 2. The Morgan fingerprint density at radius 1 is 1.61 bits per heavy atom. The Labute approximate surface area is 119 Å². The molecule has 1 aromatic rings. The maximum Gasteiger partial charge on any atom is 0.223 e. The lowest BCUT2D eigenvalue weighted by atomic mass is 10.0. The summed E-state index contributed by atoms with van der Waals surface area (Å²) < 4.78 is 0.828. The van der Waals surface area contributed by atoms with Crippen LogP contribution in [-0.2, 0) is 4.79 Å². The molecule has 1 amide bonds. The van der Waals surface area contributed by atoms with E-state index in [2.05, 4.69) is 22.9 Å². The predicted molar refractivity (Wildman–Crippen MR) is 75.9 cm³/mol. The van der Waals surface area contributed by atoms with Gasteiger partial charge >= 0.3 is 0 Å². The monoisotopic (exact) mass is 329 g/mol. The second-order valence-electron chi connectivity index (χ2n) is 4.65. The van der Waals surface area contributed by atoms with Gasteiger partial charge in [0.05, 0.1) is 11.4 Å². The van der Waals surface area contributed by atoms with Crippen LogP contribution >= 0.6 is 27.3 Å². The highest BCUT2D eigenvalue weighted by molar-refractivity contribution is 9.10. The first kappa shape index (κ1) is 13.7. The van der Waals surface area contributed by atoms with Crippen LogP contribution in [0.2, 0.25) is 0 Å². The summed E-state index contributed by atoms with van der Waals surface area (Å²) in [5, 5.41) is 1.88. The summed E-state index contributed by atoms with van der Waals surface area (Å²) in [6.07, 6.45) is 2.77. The Morgan fingerprint density at radius 3 is 3.00 bits per heavy atom. The maximum absolute atomic E-state index is 12.1. The summed E-state index contributed by atoms with van der Waals surface area (Å²) in [6.45, 7) is 3.08. The summed E-state index contributed by atoms with van der Waals surface area (Å²) in [5.41, 5.74) is 0. The highest BCUT2D eigenvalue weighted by atomic mass is 79.9. The molecule has 1 fully saturated rings. The molecule has 5 heteroatoms. The van der Waals surface area contributed by atoms with E-state index in [0.29, 0.717) is 17.2 Å². The van der Waals surface area contributed by atoms with Gasteiger partial charge in [0, 0.05) is 17.4 Å². The molecule has 1 aliphatic heterocycles. The highest BCUT2D eigenvalue weighted by Crippen LogP contribution is 2.26. The Hall–Kier alpha value is -0.680. The van der Waals surface area contributed by atoms with E-state index in [9.17, 15) is 9.59 Å². The molecule has 1 unspecified atom stereocenters. The van der Waals surface area contributed by atoms with Crippen molar-refractivity contribution in [2.75, 3.05) is 13.1 Å². The van der Waals surface area contributed by atoms with Crippen LogP contribution in [0.1, 0.15) is 35.9 Å². The van der Waals surface area contributed by atoms with Crippen molar-refractivity contribution < 1.29 is 9.59 Å². The van der Waals surface area contributed by atoms with Gasteiger partial charge in [-0.2, -0.15) is 0 Å². The lowest BCUT2D eigenvalue weighted by molar-refractivity contribution is -0.127. The minimum atomic E-state index is 0.0300. The summed E-state index contributed by atoms with van der Waals surface area (Å²) in [4.78, 5) is 26.3. The van der Waals surface area contributed by atoms with E-state index >= 15 is 0 Å². The molecule has 0 aromatic carbocycles. The first-order valence-corrected chi connectivity index (χ1v) is 7.83. The Morgan fingerprint density at radius 2 is 2.39 bits per heavy atom. The average molecular weight is 330 g/mol. The van der Waals surface area contributed by atoms with Gasteiger partial charge in [-0.1, -0.05) is 13.3 Å². The molecule has 2 heterocycles. The van der Waals surface area contributed by atoms with Crippen LogP contribution in [0.15, 0.2) is 15.9 Å². The molecule has 0 bridgehead atoms. The number of Topliss-reactive ketones (excluding diaryl/α,β-unsaturated/α-hetero) is 1. The van der Waals surface area contributed by atoms with Gasteiger partial charge in [-0.05, 0) is 39.7 Å². The summed E-state index contributed by atoms with van der Waals surface area (Å²) >= 11 is 4.77. The maximum atomic E-state index is 12.1. The standard InChI is InChI=1S/C13H16BrNO2S/c1-2-3-9-6-12(17)15(7-9)8-11(16)13-10(14)4-5-18-13/h4-5,9H,2-3,6-8H2,1H3. The number of likely N-dealkylation sites (tertiary alicyclic amines) is 1. The second-order valence-corrected chi connectivity index (χ2v) is 6.42. The zero-order valence-electron chi connectivity index (χ0n) is 10.3. The number of thiophene rings is 1. The van der Waals surface area contributed by atoms with Crippen molar-refractivity contribution in [1.29, 1.82) is 0 Å². The predicted octanol–water partition coefficient (Wildman–Crippen LogP) is 3.34. The van der Waals surface area contributed by atoms with E-state index in [4.69, 9.17) is 0 Å². The fourth-order valence-corrected chi connectivity index (χ4v) is 3.87. The van der Waals surface area contributed by atoms with E-state index in [1.54, 1.807) is 4.90 Å². The van der Waals surface area contributed by atoms with Gasteiger partial charge < -0.3 is 4.90 Å². The fraction of sp³-hybridized carbons (Fsp3) is 0.538. The first-order chi connectivity index (χ1) is 8.61. The molecule has 18 heavy (non-hydrogen) atoms. The number of hydrogen-bond acceptors (Lipinski definition) is 3. The van der Waals surface area contributed by atoms with E-state index in [0.717, 1.165) is 23.9 Å². The first-order valence-electron chi connectivity index (χ1n) is 6.15. The molecule has 1 saturated heterocycles. The Balaban J connectivity index is 1.96. The van der Waals surface area contributed by atoms with Crippen LogP contribution in [-0.4, -0.2) is 29.7 Å². The van der Waals surface area contributed by atoms with Gasteiger partial charge in [0.2, 0.25) is 5.91 Å². The van der Waals surface area contributed by atoms with Crippen LogP contribution < -0.4 is 0 Å². The van der Waals surface area contributed by atoms with E-state index in [1.807, 2.05) is 11.4 Å². The SMILES string of the molecule is CCCC1CC(=O)N(CC(=O)c2sccc2Br)C1. The van der Waals surface area contributed by atoms with Crippen molar-refractivity contribution >= 4 is 39.0 Å². The van der Waals surface area contributed by atoms with E-state index < -0.39 is 0 Å². The number of halogens is 1. The normalized spacial score (nSPS) is 19.6. The topological polar surface area (TPSA) is 37.4 Å². The second kappa shape index (κ2) is 5.97. The van der Waals surface area contributed by atoms with Gasteiger partial charge in [0.25, 0.3) is 0 Å². The third-order valence-electron chi connectivity index (χ3n) is 3.20. The number of ketones is 1. The van der Waals surface area contributed by atoms with Crippen molar-refractivity contribution in [3.63, 3.8) is 0 Å². The molecule has 0 saturated carbocycles. The van der Waals surface area contributed by atoms with Crippen LogP contribution in [0.3, 0.4) is 0 Å². The van der Waals surface area contributed by atoms with Crippen LogP contribution in [0.4, 0.5) is 0 Å². The zero-order valence-corrected chi connectivity index (χ0v) is 12.7. The average Bonchev–Trinajstić information content (AvgIpc) is 2.87. The van der Waals surface area contributed by atoms with Gasteiger partial charge in [-0.15, -0.1) is 11.3 Å². The summed E-state index contributed by atoms with van der Waals surface area (Å²) in [7, 11) is 0. The van der Waals surface area contributed by atoms with Crippen LogP contribution in [0.25, 0.3) is 0 Å². The summed E-state index contributed by atoms with van der Waals surface area (Å²) in [6, 6.07) is 1.86. The molecule has 0 N–H and O–H groups in total. The molecule has 1 aromatic heterocycles. The number of rotatable bonds is 5. The number of carbonyl (C=O) groups is 2. The largest absolute Gasteiger partial charge is 0.335 e. The number of hydrogen-bond donors (Lipinski definition) is 0. The van der Waals surface area contributed by atoms with Crippen LogP contribution in [0, 0.1) is 5.92 Å². The van der Waals surface area contributed by atoms with Gasteiger partial charge in [-0.3, -0.25) is 9.59 Å². The minimum absolute atomic E-state index is 0.0300. The van der Waals surface area contributed by atoms with E-state index in [-0.39, 0.29) is 18.2 Å². The molecule has 0 spiro atoms. The lowest BCUT2D eigenvalue weighted by Gasteiger charge is -2.15. The summed E-state index contributed by atoms with van der Waals surface area (Å²) in [5.74, 6) is 0.582. The van der Waals surface area contributed by atoms with Crippen molar-refractivity contribution in [1.82, 2.24) is 4.90 Å². The van der Waals surface area contributed by atoms with E-state index in [1.165, 1.54) is 11.3 Å². The molecule has 0 aliphatic carbocycles. The third kappa shape index (κ3) is 3.01. The Kier molecular flexibility index (Phi) is 4.56. The van der Waals surface area contributed by atoms with Gasteiger partial charge in [-0.25, -0.2) is 0 Å². The van der Waals surface area contributed by atoms with Crippen molar-refractivity contribution in [2.24, 2.45) is 5.92 Å². The molecule has 3 nitrogen and oxygen atoms in total.